The van der Waals surface area contributed by atoms with Crippen LogP contribution in [0.4, 0.5) is 14.5 Å². The Labute approximate surface area is 144 Å². The minimum Gasteiger partial charge on any atom is -0.368 e. The molecule has 2 aromatic carbocycles. The Morgan fingerprint density at radius 3 is 2.29 bits per heavy atom. The zero-order valence-electron chi connectivity index (χ0n) is 13.1. The second-order valence-corrected chi connectivity index (χ2v) is 6.58. The summed E-state index contributed by atoms with van der Waals surface area (Å²) in [5.41, 5.74) is 0.962. The lowest BCUT2D eigenvalue weighted by Crippen LogP contribution is -2.49. The molecule has 0 unspecified atom stereocenters. The second-order valence-electron chi connectivity index (χ2n) is 5.56. The number of halogens is 2. The maximum atomic E-state index is 13.6. The van der Waals surface area contributed by atoms with E-state index in [4.69, 9.17) is 0 Å². The highest BCUT2D eigenvalue weighted by atomic mass is 32.2. The minimum absolute atomic E-state index is 0.0157. The number of rotatable bonds is 4. The van der Waals surface area contributed by atoms with Gasteiger partial charge in [-0.15, -0.1) is 11.8 Å². The van der Waals surface area contributed by atoms with Crippen molar-refractivity contribution < 1.29 is 13.6 Å². The molecule has 1 heterocycles. The molecule has 0 aromatic heterocycles. The summed E-state index contributed by atoms with van der Waals surface area (Å²) >= 11 is 1.23. The van der Waals surface area contributed by atoms with Gasteiger partial charge in [0, 0.05) is 36.8 Å². The maximum absolute atomic E-state index is 13.6. The molecule has 1 saturated heterocycles. The fourth-order valence-corrected chi connectivity index (χ4v) is 3.50. The van der Waals surface area contributed by atoms with Crippen LogP contribution in [-0.4, -0.2) is 42.7 Å². The van der Waals surface area contributed by atoms with E-state index >= 15 is 0 Å². The number of hydrogen-bond acceptors (Lipinski definition) is 3. The van der Waals surface area contributed by atoms with E-state index in [1.165, 1.54) is 30.0 Å². The Morgan fingerprint density at radius 1 is 0.958 bits per heavy atom. The van der Waals surface area contributed by atoms with E-state index in [1.54, 1.807) is 35.2 Å². The highest BCUT2D eigenvalue weighted by molar-refractivity contribution is 8.00. The lowest BCUT2D eigenvalue weighted by Gasteiger charge is -2.36. The molecule has 1 amide bonds. The SMILES string of the molecule is O=C(CSc1ccccc1F)N1CCN(c2ccc(F)cc2)CC1. The van der Waals surface area contributed by atoms with Crippen LogP contribution in [0.25, 0.3) is 0 Å². The van der Waals surface area contributed by atoms with E-state index in [1.807, 2.05) is 0 Å². The van der Waals surface area contributed by atoms with Gasteiger partial charge in [0.2, 0.25) is 5.91 Å². The number of benzene rings is 2. The number of nitrogens with zero attached hydrogens (tertiary/aromatic N) is 2. The van der Waals surface area contributed by atoms with Crippen molar-refractivity contribution in [2.75, 3.05) is 36.8 Å². The molecule has 2 aromatic rings. The van der Waals surface area contributed by atoms with Crippen molar-refractivity contribution in [2.45, 2.75) is 4.90 Å². The molecule has 1 aliphatic rings. The number of thioether (sulfide) groups is 1. The summed E-state index contributed by atoms with van der Waals surface area (Å²) in [7, 11) is 0. The van der Waals surface area contributed by atoms with Crippen LogP contribution in [0.15, 0.2) is 53.4 Å². The van der Waals surface area contributed by atoms with Gasteiger partial charge in [0.15, 0.2) is 0 Å². The first-order valence-corrected chi connectivity index (χ1v) is 8.77. The molecule has 3 nitrogen and oxygen atoms in total. The molecule has 0 N–H and O–H groups in total. The van der Waals surface area contributed by atoms with Gasteiger partial charge in [0.05, 0.1) is 5.75 Å². The summed E-state index contributed by atoms with van der Waals surface area (Å²) < 4.78 is 26.5. The summed E-state index contributed by atoms with van der Waals surface area (Å²) in [6.45, 7) is 2.66. The number of anilines is 1. The van der Waals surface area contributed by atoms with Crippen LogP contribution in [0.2, 0.25) is 0 Å². The third kappa shape index (κ3) is 4.06. The molecule has 0 spiro atoms. The molecule has 0 bridgehead atoms. The molecule has 6 heteroatoms. The number of carbonyl (C=O) groups is 1. The first-order valence-electron chi connectivity index (χ1n) is 7.79. The smallest absolute Gasteiger partial charge is 0.233 e. The largest absolute Gasteiger partial charge is 0.368 e. The quantitative estimate of drug-likeness (QED) is 0.791. The molecule has 1 fully saturated rings. The van der Waals surface area contributed by atoms with E-state index < -0.39 is 0 Å². The van der Waals surface area contributed by atoms with Crippen LogP contribution in [0.5, 0.6) is 0 Å². The normalized spacial score (nSPS) is 14.8. The fraction of sp³-hybridized carbons (Fsp3) is 0.278. The molecular formula is C18H18F2N2OS. The van der Waals surface area contributed by atoms with Crippen LogP contribution in [-0.2, 0) is 4.79 Å². The third-order valence-electron chi connectivity index (χ3n) is 4.01. The topological polar surface area (TPSA) is 23.6 Å². The van der Waals surface area contributed by atoms with Gasteiger partial charge in [-0.3, -0.25) is 4.79 Å². The Hall–Kier alpha value is -2.08. The molecule has 0 atom stereocenters. The third-order valence-corrected chi connectivity index (χ3v) is 5.05. The molecule has 1 aliphatic heterocycles. The van der Waals surface area contributed by atoms with Gasteiger partial charge < -0.3 is 9.80 Å². The molecule has 126 valence electrons. The van der Waals surface area contributed by atoms with Gasteiger partial charge in [0.1, 0.15) is 11.6 Å². The number of hydrogen-bond donors (Lipinski definition) is 0. The van der Waals surface area contributed by atoms with Gasteiger partial charge >= 0.3 is 0 Å². The van der Waals surface area contributed by atoms with E-state index in [0.717, 1.165) is 5.69 Å². The van der Waals surface area contributed by atoms with E-state index in [9.17, 15) is 13.6 Å². The van der Waals surface area contributed by atoms with Crippen molar-refractivity contribution >= 4 is 23.4 Å². The summed E-state index contributed by atoms with van der Waals surface area (Å²) in [6, 6.07) is 12.9. The minimum atomic E-state index is -0.295. The van der Waals surface area contributed by atoms with Gasteiger partial charge in [-0.1, -0.05) is 12.1 Å². The predicted molar refractivity (Wildman–Crippen MR) is 92.3 cm³/mol. The first kappa shape index (κ1) is 16.8. The lowest BCUT2D eigenvalue weighted by molar-refractivity contribution is -0.128. The molecule has 3 rings (SSSR count). The van der Waals surface area contributed by atoms with E-state index in [-0.39, 0.29) is 23.3 Å². The van der Waals surface area contributed by atoms with Gasteiger partial charge in [-0.05, 0) is 36.4 Å². The average Bonchev–Trinajstić information content (AvgIpc) is 2.62. The van der Waals surface area contributed by atoms with Crippen molar-refractivity contribution in [1.29, 1.82) is 0 Å². The Bertz CT molecular complexity index is 700. The molecular weight excluding hydrogens is 330 g/mol. The highest BCUT2D eigenvalue weighted by Crippen LogP contribution is 2.22. The zero-order valence-corrected chi connectivity index (χ0v) is 13.9. The Kier molecular flexibility index (Phi) is 5.35. The summed E-state index contributed by atoms with van der Waals surface area (Å²) in [5, 5.41) is 0. The van der Waals surface area contributed by atoms with Crippen LogP contribution in [0.3, 0.4) is 0 Å². The molecule has 24 heavy (non-hydrogen) atoms. The Balaban J connectivity index is 1.50. The maximum Gasteiger partial charge on any atom is 0.233 e. The molecule has 0 saturated carbocycles. The number of piperazine rings is 1. The van der Waals surface area contributed by atoms with Crippen molar-refractivity contribution in [3.8, 4) is 0 Å². The van der Waals surface area contributed by atoms with Gasteiger partial charge in [0.25, 0.3) is 0 Å². The number of amides is 1. The monoisotopic (exact) mass is 348 g/mol. The van der Waals surface area contributed by atoms with Crippen molar-refractivity contribution in [3.05, 3.63) is 60.2 Å². The second kappa shape index (κ2) is 7.66. The molecule has 0 aliphatic carbocycles. The van der Waals surface area contributed by atoms with Crippen molar-refractivity contribution in [2.24, 2.45) is 0 Å². The number of carbonyl (C=O) groups excluding carboxylic acids is 1. The average molecular weight is 348 g/mol. The first-order chi connectivity index (χ1) is 11.6. The highest BCUT2D eigenvalue weighted by Gasteiger charge is 2.21. The molecule has 0 radical (unpaired) electrons. The van der Waals surface area contributed by atoms with Gasteiger partial charge in [-0.2, -0.15) is 0 Å². The van der Waals surface area contributed by atoms with Crippen LogP contribution in [0.1, 0.15) is 0 Å². The van der Waals surface area contributed by atoms with E-state index in [2.05, 4.69) is 4.90 Å². The summed E-state index contributed by atoms with van der Waals surface area (Å²) in [4.78, 5) is 16.7. The van der Waals surface area contributed by atoms with Crippen molar-refractivity contribution in [3.63, 3.8) is 0 Å². The standard InChI is InChI=1S/C18H18F2N2OS/c19-14-5-7-15(8-6-14)21-9-11-22(12-10-21)18(23)13-24-17-4-2-1-3-16(17)20/h1-8H,9-13H2. The fourth-order valence-electron chi connectivity index (χ4n) is 2.66. The van der Waals surface area contributed by atoms with Crippen molar-refractivity contribution in [1.82, 2.24) is 4.90 Å². The summed E-state index contributed by atoms with van der Waals surface area (Å²) in [5.74, 6) is -0.298. The predicted octanol–water partition coefficient (Wildman–Crippen LogP) is 3.41. The Morgan fingerprint density at radius 2 is 1.62 bits per heavy atom. The lowest BCUT2D eigenvalue weighted by atomic mass is 10.2. The van der Waals surface area contributed by atoms with Crippen LogP contribution in [0, 0.1) is 11.6 Å². The van der Waals surface area contributed by atoms with E-state index in [0.29, 0.717) is 31.1 Å². The summed E-state index contributed by atoms with van der Waals surface area (Å²) in [6.07, 6.45) is 0. The van der Waals surface area contributed by atoms with Crippen LogP contribution < -0.4 is 4.90 Å². The van der Waals surface area contributed by atoms with Gasteiger partial charge in [-0.25, -0.2) is 8.78 Å². The zero-order chi connectivity index (χ0) is 16.9. The van der Waals surface area contributed by atoms with Crippen LogP contribution >= 0.6 is 11.8 Å².